The van der Waals surface area contributed by atoms with Crippen LogP contribution in [0.3, 0.4) is 0 Å². The highest BCUT2D eigenvalue weighted by Gasteiger charge is 2.31. The van der Waals surface area contributed by atoms with Crippen molar-refractivity contribution in [3.05, 3.63) is 0 Å². The van der Waals surface area contributed by atoms with Crippen LogP contribution in [0.5, 0.6) is 0 Å². The Morgan fingerprint density at radius 1 is 1.21 bits per heavy atom. The van der Waals surface area contributed by atoms with Crippen molar-refractivity contribution in [2.24, 2.45) is 5.92 Å². The molecule has 2 rings (SSSR count). The van der Waals surface area contributed by atoms with Gasteiger partial charge in [0.15, 0.2) is 0 Å². The average Bonchev–Trinajstić information content (AvgIpc) is 2.46. The van der Waals surface area contributed by atoms with E-state index in [1.807, 2.05) is 0 Å². The van der Waals surface area contributed by atoms with Gasteiger partial charge in [-0.25, -0.2) is 4.79 Å². The highest BCUT2D eigenvalue weighted by Crippen LogP contribution is 2.21. The number of carboxylic acid groups (broad SMARTS) is 1. The minimum Gasteiger partial charge on any atom is -0.480 e. The van der Waals surface area contributed by atoms with Crippen LogP contribution < -0.4 is 5.32 Å². The number of rotatable bonds is 4. The van der Waals surface area contributed by atoms with Crippen LogP contribution in [0.4, 0.5) is 0 Å². The maximum atomic E-state index is 12.2. The number of nitrogens with one attached hydrogen (secondary N) is 1. The Morgan fingerprint density at radius 3 is 2.74 bits per heavy atom. The number of amides is 1. The lowest BCUT2D eigenvalue weighted by Gasteiger charge is -2.33. The Labute approximate surface area is 114 Å². The fourth-order valence-corrected chi connectivity index (χ4v) is 3.13. The van der Waals surface area contributed by atoms with Crippen LogP contribution in [0.25, 0.3) is 0 Å². The summed E-state index contributed by atoms with van der Waals surface area (Å²) >= 11 is 0. The van der Waals surface area contributed by atoms with Crippen molar-refractivity contribution in [2.75, 3.05) is 19.6 Å². The number of hydrogen-bond donors (Lipinski definition) is 2. The molecule has 2 fully saturated rings. The first kappa shape index (κ1) is 14.3. The number of carbonyl (C=O) groups is 2. The Hall–Kier alpha value is -1.10. The molecule has 2 saturated heterocycles. The fourth-order valence-electron chi connectivity index (χ4n) is 3.13. The summed E-state index contributed by atoms with van der Waals surface area (Å²) in [5, 5.41) is 12.5. The molecule has 2 heterocycles. The second-order valence-electron chi connectivity index (χ2n) is 5.69. The number of likely N-dealkylation sites (tertiary alicyclic amines) is 1. The lowest BCUT2D eigenvalue weighted by Crippen LogP contribution is -2.48. The van der Waals surface area contributed by atoms with Gasteiger partial charge in [-0.05, 0) is 57.5 Å². The zero-order chi connectivity index (χ0) is 13.7. The average molecular weight is 268 g/mol. The molecule has 2 unspecified atom stereocenters. The van der Waals surface area contributed by atoms with Gasteiger partial charge in [-0.1, -0.05) is 0 Å². The molecule has 2 N–H and O–H groups in total. The van der Waals surface area contributed by atoms with E-state index >= 15 is 0 Å². The van der Waals surface area contributed by atoms with Gasteiger partial charge in [-0.3, -0.25) is 4.79 Å². The molecule has 0 saturated carbocycles. The Morgan fingerprint density at radius 2 is 2.05 bits per heavy atom. The first-order valence-electron chi connectivity index (χ1n) is 7.41. The highest BCUT2D eigenvalue weighted by atomic mass is 16.4. The summed E-state index contributed by atoms with van der Waals surface area (Å²) in [6, 6.07) is -0.592. The van der Waals surface area contributed by atoms with Gasteiger partial charge in [0.2, 0.25) is 5.91 Å². The van der Waals surface area contributed by atoms with E-state index in [9.17, 15) is 14.7 Å². The van der Waals surface area contributed by atoms with Crippen LogP contribution in [-0.4, -0.2) is 47.6 Å². The van der Waals surface area contributed by atoms with Gasteiger partial charge < -0.3 is 15.3 Å². The number of carbonyl (C=O) groups excluding carboxylic acids is 1. The molecule has 19 heavy (non-hydrogen) atoms. The predicted molar refractivity (Wildman–Crippen MR) is 71.8 cm³/mol. The predicted octanol–water partition coefficient (Wildman–Crippen LogP) is 1.23. The van der Waals surface area contributed by atoms with Crippen LogP contribution in [-0.2, 0) is 9.59 Å². The molecule has 5 nitrogen and oxygen atoms in total. The molecule has 0 aliphatic carbocycles. The van der Waals surface area contributed by atoms with E-state index in [0.29, 0.717) is 25.3 Å². The topological polar surface area (TPSA) is 69.6 Å². The molecule has 0 bridgehead atoms. The normalized spacial score (nSPS) is 28.1. The number of piperidine rings is 2. The molecule has 1 amide bonds. The van der Waals surface area contributed by atoms with Crippen molar-refractivity contribution >= 4 is 11.9 Å². The third-order valence-electron chi connectivity index (χ3n) is 4.27. The smallest absolute Gasteiger partial charge is 0.326 e. The Bertz CT molecular complexity index is 327. The van der Waals surface area contributed by atoms with Gasteiger partial charge in [-0.2, -0.15) is 0 Å². The summed E-state index contributed by atoms with van der Waals surface area (Å²) in [6.45, 7) is 2.69. The fraction of sp³-hybridized carbons (Fsp3) is 0.857. The minimum atomic E-state index is -0.854. The van der Waals surface area contributed by atoms with Crippen molar-refractivity contribution in [1.29, 1.82) is 0 Å². The summed E-state index contributed by atoms with van der Waals surface area (Å²) < 4.78 is 0. The van der Waals surface area contributed by atoms with Crippen molar-refractivity contribution < 1.29 is 14.7 Å². The number of aliphatic carboxylic acids is 1. The van der Waals surface area contributed by atoms with E-state index in [1.54, 1.807) is 4.90 Å². The standard InChI is InChI=1S/C14H24N2O3/c17-13(7-6-11-4-3-8-15-10-11)16-9-2-1-5-12(16)14(18)19/h11-12,15H,1-10H2,(H,18,19). The monoisotopic (exact) mass is 268 g/mol. The molecule has 0 radical (unpaired) electrons. The van der Waals surface area contributed by atoms with E-state index in [0.717, 1.165) is 32.4 Å². The quantitative estimate of drug-likeness (QED) is 0.804. The summed E-state index contributed by atoms with van der Waals surface area (Å²) in [4.78, 5) is 25.0. The molecule has 0 aromatic carbocycles. The molecule has 5 heteroatoms. The molecule has 0 aromatic rings. The van der Waals surface area contributed by atoms with Crippen molar-refractivity contribution in [2.45, 2.75) is 51.0 Å². The number of hydrogen-bond acceptors (Lipinski definition) is 3. The second-order valence-corrected chi connectivity index (χ2v) is 5.69. The summed E-state index contributed by atoms with van der Waals surface area (Å²) in [7, 11) is 0. The van der Waals surface area contributed by atoms with E-state index in [2.05, 4.69) is 5.32 Å². The Balaban J connectivity index is 1.81. The summed E-state index contributed by atoms with van der Waals surface area (Å²) in [6.07, 6.45) is 6.19. The first-order chi connectivity index (χ1) is 9.18. The van der Waals surface area contributed by atoms with Crippen LogP contribution >= 0.6 is 0 Å². The SMILES string of the molecule is O=C(O)C1CCCCN1C(=O)CCC1CCCNC1. The van der Waals surface area contributed by atoms with Gasteiger partial charge in [0, 0.05) is 13.0 Å². The van der Waals surface area contributed by atoms with Crippen LogP contribution in [0.15, 0.2) is 0 Å². The van der Waals surface area contributed by atoms with Gasteiger partial charge in [0.1, 0.15) is 6.04 Å². The molecular formula is C14H24N2O3. The molecule has 2 atom stereocenters. The highest BCUT2D eigenvalue weighted by molar-refractivity contribution is 5.83. The van der Waals surface area contributed by atoms with Gasteiger partial charge in [-0.15, -0.1) is 0 Å². The minimum absolute atomic E-state index is 0.0256. The van der Waals surface area contributed by atoms with Gasteiger partial charge in [0.25, 0.3) is 0 Å². The Kier molecular flexibility index (Phi) is 5.19. The summed E-state index contributed by atoms with van der Waals surface area (Å²) in [5.41, 5.74) is 0. The largest absolute Gasteiger partial charge is 0.480 e. The van der Waals surface area contributed by atoms with Crippen molar-refractivity contribution in [3.63, 3.8) is 0 Å². The van der Waals surface area contributed by atoms with E-state index in [-0.39, 0.29) is 5.91 Å². The van der Waals surface area contributed by atoms with E-state index in [1.165, 1.54) is 12.8 Å². The lowest BCUT2D eigenvalue weighted by molar-refractivity contribution is -0.152. The first-order valence-corrected chi connectivity index (χ1v) is 7.41. The van der Waals surface area contributed by atoms with Gasteiger partial charge in [0.05, 0.1) is 0 Å². The second kappa shape index (κ2) is 6.89. The van der Waals surface area contributed by atoms with Crippen molar-refractivity contribution in [1.82, 2.24) is 10.2 Å². The molecule has 0 aromatic heterocycles. The van der Waals surface area contributed by atoms with Crippen LogP contribution in [0.1, 0.15) is 44.9 Å². The third kappa shape index (κ3) is 3.93. The van der Waals surface area contributed by atoms with Gasteiger partial charge >= 0.3 is 5.97 Å². The number of carboxylic acids is 1. The molecule has 2 aliphatic heterocycles. The zero-order valence-electron chi connectivity index (χ0n) is 11.4. The number of nitrogens with zero attached hydrogens (tertiary/aromatic N) is 1. The van der Waals surface area contributed by atoms with E-state index < -0.39 is 12.0 Å². The third-order valence-corrected chi connectivity index (χ3v) is 4.27. The van der Waals surface area contributed by atoms with E-state index in [4.69, 9.17) is 0 Å². The van der Waals surface area contributed by atoms with Crippen LogP contribution in [0.2, 0.25) is 0 Å². The maximum absolute atomic E-state index is 12.2. The van der Waals surface area contributed by atoms with Crippen molar-refractivity contribution in [3.8, 4) is 0 Å². The van der Waals surface area contributed by atoms with Crippen LogP contribution in [0, 0.1) is 5.92 Å². The maximum Gasteiger partial charge on any atom is 0.326 e. The zero-order valence-corrected chi connectivity index (χ0v) is 11.4. The summed E-state index contributed by atoms with van der Waals surface area (Å²) in [5.74, 6) is -0.254. The molecule has 2 aliphatic rings. The molecular weight excluding hydrogens is 244 g/mol. The molecule has 0 spiro atoms. The lowest BCUT2D eigenvalue weighted by atomic mass is 9.94. The molecule has 108 valence electrons.